The Balaban J connectivity index is 1.49. The molecule has 1 N–H and O–H groups in total. The monoisotopic (exact) mass is 495 g/mol. The van der Waals surface area contributed by atoms with E-state index in [1.165, 1.54) is 35.4 Å². The number of rotatable bonds is 2. The normalized spacial score (nSPS) is 39.3. The number of hydrogen-bond acceptors (Lipinski definition) is 6. The van der Waals surface area contributed by atoms with E-state index in [0.29, 0.717) is 18.5 Å². The molecule has 188 valence electrons. The Morgan fingerprint density at radius 3 is 2.42 bits per heavy atom. The zero-order chi connectivity index (χ0) is 25.5. The molecule has 36 heavy (non-hydrogen) atoms. The lowest BCUT2D eigenvalue weighted by Crippen LogP contribution is -2.57. The molecule has 3 fully saturated rings. The summed E-state index contributed by atoms with van der Waals surface area (Å²) in [6.07, 6.45) is 2.81. The highest BCUT2D eigenvalue weighted by atomic mass is 19.1. The number of fused-ring (bicyclic) bond motifs is 4. The molecule has 7 atom stereocenters. The Kier molecular flexibility index (Phi) is 4.98. The molecule has 6 rings (SSSR count). The Morgan fingerprint density at radius 1 is 1.03 bits per heavy atom. The van der Waals surface area contributed by atoms with Gasteiger partial charge >= 0.3 is 5.97 Å². The fraction of sp³-hybridized carbons (Fsp3) is 0.429. The fourth-order valence-electron chi connectivity index (χ4n) is 6.88. The quantitative estimate of drug-likeness (QED) is 0.621. The summed E-state index contributed by atoms with van der Waals surface area (Å²) in [6.45, 7) is 3.51. The van der Waals surface area contributed by atoms with Crippen molar-refractivity contribution >= 4 is 17.4 Å². The van der Waals surface area contributed by atoms with E-state index in [4.69, 9.17) is 9.57 Å². The number of hydrogen-bond donors (Lipinski definition) is 1. The lowest BCUT2D eigenvalue weighted by atomic mass is 9.63. The van der Waals surface area contributed by atoms with Gasteiger partial charge in [-0.25, -0.2) is 18.6 Å². The summed E-state index contributed by atoms with van der Waals surface area (Å²) in [5.74, 6) is -3.37. The first kappa shape index (κ1) is 23.3. The summed E-state index contributed by atoms with van der Waals surface area (Å²) < 4.78 is 36.0. The van der Waals surface area contributed by atoms with Gasteiger partial charge in [0.2, 0.25) is 5.60 Å². The van der Waals surface area contributed by atoms with Crippen molar-refractivity contribution in [2.24, 2.45) is 17.3 Å². The number of carbonyl (C=O) groups excluding carboxylic acids is 2. The molecular formula is C28H27F2NO5. The largest absolute Gasteiger partial charge is 0.459 e. The first-order valence-corrected chi connectivity index (χ1v) is 12.3. The van der Waals surface area contributed by atoms with Crippen LogP contribution in [0.3, 0.4) is 0 Å². The molecule has 2 aromatic carbocycles. The van der Waals surface area contributed by atoms with Crippen LogP contribution in [0, 0.1) is 28.9 Å². The van der Waals surface area contributed by atoms with Crippen LogP contribution in [0.1, 0.15) is 44.7 Å². The van der Waals surface area contributed by atoms with Crippen LogP contribution in [0.5, 0.6) is 0 Å². The summed E-state index contributed by atoms with van der Waals surface area (Å²) in [7, 11) is 0. The van der Waals surface area contributed by atoms with E-state index in [9.17, 15) is 14.7 Å². The molecule has 0 bridgehead atoms. The van der Waals surface area contributed by atoms with E-state index in [-0.39, 0.29) is 23.7 Å². The topological polar surface area (TPSA) is 76.1 Å². The molecule has 1 unspecified atom stereocenters. The number of nitrogens with zero attached hydrogens (tertiary/aromatic N) is 1. The minimum absolute atomic E-state index is 0.0652. The lowest BCUT2D eigenvalue weighted by molar-refractivity contribution is -0.169. The molecule has 2 saturated heterocycles. The van der Waals surface area contributed by atoms with Gasteiger partial charge in [-0.05, 0) is 62.1 Å². The SMILES string of the molecule is C[C@H]1CC[C@@H]2[C@@H](OC(=O)C23C[C@H](c2c(F)cccc2F)N(c2ccccc2)O3)[C@]2(C)C(=O)C=C[C@@]12O. The van der Waals surface area contributed by atoms with E-state index in [2.05, 4.69) is 0 Å². The maximum atomic E-state index is 15.0. The smallest absolute Gasteiger partial charge is 0.342 e. The molecule has 1 saturated carbocycles. The molecule has 0 aromatic heterocycles. The molecule has 0 amide bonds. The molecule has 1 spiro atoms. The van der Waals surface area contributed by atoms with Crippen LogP contribution in [-0.2, 0) is 19.2 Å². The van der Waals surface area contributed by atoms with E-state index >= 15 is 8.78 Å². The second kappa shape index (κ2) is 7.70. The van der Waals surface area contributed by atoms with Crippen LogP contribution < -0.4 is 5.06 Å². The highest BCUT2D eigenvalue weighted by Gasteiger charge is 2.74. The highest BCUT2D eigenvalue weighted by Crippen LogP contribution is 2.61. The lowest BCUT2D eigenvalue weighted by Gasteiger charge is -2.43. The van der Waals surface area contributed by atoms with Crippen LogP contribution >= 0.6 is 0 Å². The number of esters is 1. The highest BCUT2D eigenvalue weighted by molar-refractivity contribution is 6.00. The molecule has 2 aliphatic carbocycles. The van der Waals surface area contributed by atoms with Gasteiger partial charge in [0.1, 0.15) is 23.3 Å². The number of hydroxylamine groups is 1. The van der Waals surface area contributed by atoms with Crippen LogP contribution in [0.25, 0.3) is 0 Å². The van der Waals surface area contributed by atoms with Crippen LogP contribution in [0.4, 0.5) is 14.5 Å². The van der Waals surface area contributed by atoms with Gasteiger partial charge in [0.25, 0.3) is 0 Å². The zero-order valence-corrected chi connectivity index (χ0v) is 20.0. The minimum atomic E-state index is -1.57. The predicted octanol–water partition coefficient (Wildman–Crippen LogP) is 4.43. The third-order valence-electron chi connectivity index (χ3n) is 8.99. The second-order valence-corrected chi connectivity index (χ2v) is 10.6. The first-order valence-electron chi connectivity index (χ1n) is 12.3. The van der Waals surface area contributed by atoms with Crippen molar-refractivity contribution in [3.63, 3.8) is 0 Å². The number of carbonyl (C=O) groups is 2. The van der Waals surface area contributed by atoms with Crippen LogP contribution in [0.15, 0.2) is 60.7 Å². The zero-order valence-electron chi connectivity index (χ0n) is 20.0. The molecule has 2 aromatic rings. The van der Waals surface area contributed by atoms with Crippen molar-refractivity contribution in [1.29, 1.82) is 0 Å². The Labute approximate surface area is 207 Å². The molecule has 6 nitrogen and oxygen atoms in total. The van der Waals surface area contributed by atoms with Gasteiger partial charge in [-0.3, -0.25) is 9.63 Å². The summed E-state index contributed by atoms with van der Waals surface area (Å²) in [4.78, 5) is 33.2. The number of ether oxygens (including phenoxy) is 1. The van der Waals surface area contributed by atoms with Crippen LogP contribution in [-0.4, -0.2) is 34.2 Å². The van der Waals surface area contributed by atoms with E-state index in [0.717, 1.165) is 0 Å². The predicted molar refractivity (Wildman–Crippen MR) is 125 cm³/mol. The van der Waals surface area contributed by atoms with E-state index < -0.39 is 52.3 Å². The molecule has 8 heteroatoms. The average molecular weight is 496 g/mol. The standard InChI is InChI=1S/C28H27F2NO5/c1-16-11-12-18-24(26(2)22(32)13-14-28(16,26)34)35-25(33)27(18)15-21(23-19(29)9-6-10-20(23)30)31(36-27)17-7-4-3-5-8-17/h3-10,13-14,16,18,21,24,34H,11-12,15H2,1-2H3/t16-,18+,21+,24+,26-,27?,28+/m0/s1. The van der Waals surface area contributed by atoms with Crippen molar-refractivity contribution in [3.8, 4) is 0 Å². The maximum absolute atomic E-state index is 15.0. The summed E-state index contributed by atoms with van der Waals surface area (Å²) in [6, 6.07) is 11.5. The van der Waals surface area contributed by atoms with Gasteiger partial charge in [0.05, 0.1) is 17.1 Å². The summed E-state index contributed by atoms with van der Waals surface area (Å²) in [5.41, 5.74) is -4.12. The summed E-state index contributed by atoms with van der Waals surface area (Å²) in [5, 5.41) is 13.0. The number of halogens is 2. The van der Waals surface area contributed by atoms with Crippen LogP contribution in [0.2, 0.25) is 0 Å². The van der Waals surface area contributed by atoms with E-state index in [1.54, 1.807) is 37.3 Å². The number of para-hydroxylation sites is 1. The number of aliphatic hydroxyl groups is 1. The average Bonchev–Trinajstić information content (AvgIpc) is 3.44. The second-order valence-electron chi connectivity index (χ2n) is 10.6. The van der Waals surface area contributed by atoms with Crippen molar-refractivity contribution in [2.45, 2.75) is 56.5 Å². The number of allylic oxidation sites excluding steroid dienone is 1. The molecular weight excluding hydrogens is 468 g/mol. The number of benzene rings is 2. The molecule has 4 aliphatic rings. The summed E-state index contributed by atoms with van der Waals surface area (Å²) >= 11 is 0. The minimum Gasteiger partial charge on any atom is -0.459 e. The van der Waals surface area contributed by atoms with Gasteiger partial charge in [-0.15, -0.1) is 0 Å². The number of anilines is 1. The fourth-order valence-corrected chi connectivity index (χ4v) is 6.88. The number of ketones is 1. The van der Waals surface area contributed by atoms with Gasteiger partial charge in [0.15, 0.2) is 5.78 Å². The van der Waals surface area contributed by atoms with Gasteiger partial charge in [0, 0.05) is 17.9 Å². The molecule has 2 heterocycles. The Hall–Kier alpha value is -3.10. The van der Waals surface area contributed by atoms with Crippen molar-refractivity contribution in [3.05, 3.63) is 77.9 Å². The van der Waals surface area contributed by atoms with Gasteiger partial charge in [-0.2, -0.15) is 0 Å². The third kappa shape index (κ3) is 2.82. The molecule has 2 aliphatic heterocycles. The van der Waals surface area contributed by atoms with E-state index in [1.807, 2.05) is 6.92 Å². The van der Waals surface area contributed by atoms with Crippen molar-refractivity contribution in [1.82, 2.24) is 0 Å². The molecule has 0 radical (unpaired) electrons. The van der Waals surface area contributed by atoms with Gasteiger partial charge < -0.3 is 9.84 Å². The van der Waals surface area contributed by atoms with Crippen molar-refractivity contribution in [2.75, 3.05) is 5.06 Å². The Bertz CT molecular complexity index is 1260. The van der Waals surface area contributed by atoms with Crippen molar-refractivity contribution < 1.29 is 33.1 Å². The Morgan fingerprint density at radius 2 is 1.72 bits per heavy atom. The maximum Gasteiger partial charge on any atom is 0.342 e. The third-order valence-corrected chi connectivity index (χ3v) is 8.99. The van der Waals surface area contributed by atoms with Gasteiger partial charge in [-0.1, -0.05) is 31.2 Å². The first-order chi connectivity index (χ1) is 17.1.